The smallest absolute Gasteiger partial charge is 0.253 e. The van der Waals surface area contributed by atoms with Crippen LogP contribution in [0.2, 0.25) is 0 Å². The molecule has 1 fully saturated rings. The summed E-state index contributed by atoms with van der Waals surface area (Å²) in [7, 11) is 0. The van der Waals surface area contributed by atoms with Crippen molar-refractivity contribution in [3.05, 3.63) is 117 Å². The van der Waals surface area contributed by atoms with E-state index in [0.29, 0.717) is 24.5 Å². The van der Waals surface area contributed by atoms with Crippen molar-refractivity contribution in [3.63, 3.8) is 0 Å². The van der Waals surface area contributed by atoms with Crippen LogP contribution in [0, 0.1) is 13.8 Å². The van der Waals surface area contributed by atoms with Crippen LogP contribution in [0.3, 0.4) is 0 Å². The summed E-state index contributed by atoms with van der Waals surface area (Å²) >= 11 is 0. The molecule has 2 aromatic carbocycles. The highest BCUT2D eigenvalue weighted by Gasteiger charge is 2.33. The molecule has 0 spiro atoms. The third-order valence-corrected chi connectivity index (χ3v) is 7.75. The van der Waals surface area contributed by atoms with E-state index in [1.54, 1.807) is 6.20 Å². The fourth-order valence-electron chi connectivity index (χ4n) is 5.98. The van der Waals surface area contributed by atoms with E-state index in [4.69, 9.17) is 0 Å². The zero-order chi connectivity index (χ0) is 26.8. The van der Waals surface area contributed by atoms with Gasteiger partial charge in [-0.15, -0.1) is 5.10 Å². The van der Waals surface area contributed by atoms with Gasteiger partial charge in [-0.25, -0.2) is 4.68 Å². The first-order valence-electron chi connectivity index (χ1n) is 13.7. The lowest BCUT2D eigenvalue weighted by Crippen LogP contribution is -2.35. The lowest BCUT2D eigenvalue weighted by Gasteiger charge is -2.32. The van der Waals surface area contributed by atoms with Gasteiger partial charge in [0.1, 0.15) is 6.04 Å². The fraction of sp³-hybridized carbons (Fsp3) is 0.323. The second-order valence-electron chi connectivity index (χ2n) is 10.7. The molecule has 1 aliphatic carbocycles. The van der Waals surface area contributed by atoms with Crippen molar-refractivity contribution in [2.75, 3.05) is 0 Å². The average Bonchev–Trinajstić information content (AvgIpc) is 3.63. The van der Waals surface area contributed by atoms with Crippen molar-refractivity contribution in [1.82, 2.24) is 35.1 Å². The number of pyridine rings is 2. The van der Waals surface area contributed by atoms with Gasteiger partial charge in [-0.1, -0.05) is 60.9 Å². The Morgan fingerprint density at radius 3 is 2.54 bits per heavy atom. The van der Waals surface area contributed by atoms with Crippen molar-refractivity contribution < 1.29 is 0 Å². The Kier molecular flexibility index (Phi) is 7.02. The third kappa shape index (κ3) is 5.25. The summed E-state index contributed by atoms with van der Waals surface area (Å²) in [6.07, 6.45) is 8.06. The number of hydrogen-bond acceptors (Lipinski definition) is 6. The van der Waals surface area contributed by atoms with E-state index in [0.717, 1.165) is 58.8 Å². The molecule has 0 aliphatic heterocycles. The molecule has 39 heavy (non-hydrogen) atoms. The van der Waals surface area contributed by atoms with Gasteiger partial charge in [0.05, 0.1) is 11.6 Å². The van der Waals surface area contributed by atoms with Gasteiger partial charge in [0.15, 0.2) is 5.82 Å². The molecule has 1 saturated carbocycles. The van der Waals surface area contributed by atoms with Gasteiger partial charge in [0.2, 0.25) is 0 Å². The van der Waals surface area contributed by atoms with Gasteiger partial charge in [0, 0.05) is 31.0 Å². The van der Waals surface area contributed by atoms with E-state index in [1.165, 1.54) is 0 Å². The summed E-state index contributed by atoms with van der Waals surface area (Å²) in [5, 5.41) is 14.2. The third-order valence-electron chi connectivity index (χ3n) is 7.75. The number of H-pyrrole nitrogens is 1. The maximum absolute atomic E-state index is 13.9. The molecule has 1 N–H and O–H groups in total. The molecular formula is C31H33N7O. The van der Waals surface area contributed by atoms with E-state index >= 15 is 0 Å². The van der Waals surface area contributed by atoms with E-state index in [2.05, 4.69) is 67.6 Å². The van der Waals surface area contributed by atoms with Crippen molar-refractivity contribution in [1.29, 1.82) is 0 Å². The maximum atomic E-state index is 13.9. The largest absolute Gasteiger partial charge is 0.321 e. The fourth-order valence-corrected chi connectivity index (χ4v) is 5.98. The first-order valence-corrected chi connectivity index (χ1v) is 13.7. The molecule has 8 nitrogen and oxygen atoms in total. The molecule has 0 saturated heterocycles. The lowest BCUT2D eigenvalue weighted by molar-refractivity contribution is 0.190. The highest BCUT2D eigenvalue weighted by Crippen LogP contribution is 2.35. The van der Waals surface area contributed by atoms with Crippen molar-refractivity contribution >= 4 is 10.9 Å². The first-order chi connectivity index (χ1) is 19.1. The molecule has 0 unspecified atom stereocenters. The topological polar surface area (TPSA) is 92.6 Å². The van der Waals surface area contributed by atoms with Gasteiger partial charge < -0.3 is 4.98 Å². The highest BCUT2D eigenvalue weighted by molar-refractivity contribution is 5.83. The summed E-state index contributed by atoms with van der Waals surface area (Å²) in [6.45, 7) is 5.31. The zero-order valence-electron chi connectivity index (χ0n) is 22.4. The molecule has 0 bridgehead atoms. The number of hydrogen-bond donors (Lipinski definition) is 1. The number of rotatable bonds is 8. The predicted octanol–water partition coefficient (Wildman–Crippen LogP) is 5.43. The number of fused-ring (bicyclic) bond motifs is 1. The minimum atomic E-state index is -0.463. The number of nitrogens with zero attached hydrogens (tertiary/aromatic N) is 6. The van der Waals surface area contributed by atoms with Gasteiger partial charge in [-0.05, 0) is 77.4 Å². The predicted molar refractivity (Wildman–Crippen MR) is 151 cm³/mol. The highest BCUT2D eigenvalue weighted by atomic mass is 16.1. The minimum absolute atomic E-state index is 0.121. The second kappa shape index (κ2) is 10.9. The van der Waals surface area contributed by atoms with Crippen LogP contribution in [0.25, 0.3) is 10.9 Å². The van der Waals surface area contributed by atoms with Crippen LogP contribution in [-0.4, -0.2) is 35.1 Å². The molecule has 5 aromatic rings. The molecule has 6 rings (SSSR count). The normalized spacial score (nSPS) is 14.8. The molecule has 3 heterocycles. The number of aromatic nitrogens is 6. The number of benzene rings is 2. The second-order valence-corrected chi connectivity index (χ2v) is 10.7. The number of aromatic amines is 1. The Hall–Kier alpha value is -4.17. The minimum Gasteiger partial charge on any atom is -0.321 e. The Morgan fingerprint density at radius 2 is 1.77 bits per heavy atom. The van der Waals surface area contributed by atoms with E-state index < -0.39 is 6.04 Å². The molecular weight excluding hydrogens is 486 g/mol. The van der Waals surface area contributed by atoms with Crippen molar-refractivity contribution in [2.45, 2.75) is 64.7 Å². The van der Waals surface area contributed by atoms with Gasteiger partial charge in [-0.3, -0.25) is 14.7 Å². The van der Waals surface area contributed by atoms with Gasteiger partial charge in [0.25, 0.3) is 5.56 Å². The molecule has 8 heteroatoms. The SMILES string of the molecule is Cc1cc(C)c2[nH]c(=O)c([C@H](c3nnnn3C3CCCC3)N(Cc3ccccc3)Cc3cccnc3)cc2c1. The zero-order valence-corrected chi connectivity index (χ0v) is 22.4. The Bertz CT molecular complexity index is 1580. The summed E-state index contributed by atoms with van der Waals surface area (Å²) in [5.74, 6) is 0.705. The van der Waals surface area contributed by atoms with Crippen LogP contribution in [-0.2, 0) is 13.1 Å². The lowest BCUT2D eigenvalue weighted by atomic mass is 9.99. The molecule has 0 radical (unpaired) electrons. The Balaban J connectivity index is 1.55. The molecule has 198 valence electrons. The summed E-state index contributed by atoms with van der Waals surface area (Å²) in [4.78, 5) is 23.7. The quantitative estimate of drug-likeness (QED) is 0.294. The first kappa shape index (κ1) is 25.1. The van der Waals surface area contributed by atoms with E-state index in [9.17, 15) is 4.79 Å². The van der Waals surface area contributed by atoms with Crippen LogP contribution >= 0.6 is 0 Å². The van der Waals surface area contributed by atoms with Gasteiger partial charge >= 0.3 is 0 Å². The Morgan fingerprint density at radius 1 is 1.00 bits per heavy atom. The van der Waals surface area contributed by atoms with Crippen LogP contribution in [0.5, 0.6) is 0 Å². The van der Waals surface area contributed by atoms with Crippen LogP contribution < -0.4 is 5.56 Å². The number of tetrazole rings is 1. The van der Waals surface area contributed by atoms with Crippen molar-refractivity contribution in [3.8, 4) is 0 Å². The summed E-state index contributed by atoms with van der Waals surface area (Å²) in [6, 6.07) is 20.4. The van der Waals surface area contributed by atoms with E-state index in [1.807, 2.05) is 48.1 Å². The number of aryl methyl sites for hydroxylation is 2. The molecule has 1 atom stereocenters. The summed E-state index contributed by atoms with van der Waals surface area (Å²) in [5.41, 5.74) is 5.80. The molecule has 0 amide bonds. The Labute approximate surface area is 227 Å². The van der Waals surface area contributed by atoms with Crippen LogP contribution in [0.4, 0.5) is 0 Å². The molecule has 1 aliphatic rings. The van der Waals surface area contributed by atoms with Crippen molar-refractivity contribution in [2.24, 2.45) is 0 Å². The van der Waals surface area contributed by atoms with Crippen LogP contribution in [0.15, 0.2) is 77.9 Å². The van der Waals surface area contributed by atoms with Gasteiger partial charge in [-0.2, -0.15) is 0 Å². The van der Waals surface area contributed by atoms with E-state index in [-0.39, 0.29) is 11.6 Å². The molecule has 3 aromatic heterocycles. The number of nitrogens with one attached hydrogen (secondary N) is 1. The maximum Gasteiger partial charge on any atom is 0.253 e. The monoisotopic (exact) mass is 519 g/mol. The van der Waals surface area contributed by atoms with Crippen LogP contribution in [0.1, 0.15) is 71.4 Å². The summed E-state index contributed by atoms with van der Waals surface area (Å²) < 4.78 is 1.98. The standard InChI is InChI=1S/C31H33N7O/c1-21-15-22(2)28-25(16-21)17-27(31(39)33-28)29(30-34-35-36-38(30)26-12-6-7-13-26)37(19-23-9-4-3-5-10-23)20-24-11-8-14-32-18-24/h3-5,8-11,14-18,26,29H,6-7,12-13,19-20H2,1-2H3,(H,33,39)/t29-/m1/s1. The average molecular weight is 520 g/mol.